The molecule has 0 spiro atoms. The van der Waals surface area contributed by atoms with Crippen molar-refractivity contribution in [2.75, 3.05) is 11.1 Å². The highest BCUT2D eigenvalue weighted by Crippen LogP contribution is 2.39. The Labute approximate surface area is 156 Å². The van der Waals surface area contributed by atoms with Crippen LogP contribution in [0.25, 0.3) is 5.65 Å². The molecule has 3 heterocycles. The second kappa shape index (κ2) is 6.91. The van der Waals surface area contributed by atoms with E-state index in [1.165, 1.54) is 11.8 Å². The molecule has 0 saturated carbocycles. The fourth-order valence-corrected chi connectivity index (χ4v) is 4.56. The van der Waals surface area contributed by atoms with Gasteiger partial charge in [0.05, 0.1) is 17.5 Å². The lowest BCUT2D eigenvalue weighted by atomic mass is 10.1. The van der Waals surface area contributed by atoms with Gasteiger partial charge in [0, 0.05) is 29.2 Å². The number of anilines is 1. The number of rotatable bonds is 4. The first-order chi connectivity index (χ1) is 12.1. The maximum Gasteiger partial charge on any atom is 0.203 e. The molecule has 1 aliphatic heterocycles. The molecule has 3 aromatic rings. The van der Waals surface area contributed by atoms with Gasteiger partial charge in [-0.3, -0.25) is 4.40 Å². The fraction of sp³-hybridized carbons (Fsp3) is 0.312. The van der Waals surface area contributed by atoms with E-state index in [0.717, 1.165) is 10.0 Å². The van der Waals surface area contributed by atoms with E-state index in [9.17, 15) is 10.2 Å². The minimum Gasteiger partial charge on any atom is -0.390 e. The lowest BCUT2D eigenvalue weighted by Crippen LogP contribution is -2.25. The van der Waals surface area contributed by atoms with Crippen LogP contribution in [-0.4, -0.2) is 47.8 Å². The van der Waals surface area contributed by atoms with E-state index in [-0.39, 0.29) is 5.25 Å². The van der Waals surface area contributed by atoms with Gasteiger partial charge in [-0.25, -0.2) is 4.98 Å². The summed E-state index contributed by atoms with van der Waals surface area (Å²) in [6, 6.07) is 8.02. The average molecular weight is 422 g/mol. The highest BCUT2D eigenvalue weighted by molar-refractivity contribution is 9.10. The van der Waals surface area contributed by atoms with Crippen LogP contribution in [0.1, 0.15) is 16.6 Å². The van der Waals surface area contributed by atoms with Crippen LogP contribution in [0.3, 0.4) is 0 Å². The summed E-state index contributed by atoms with van der Waals surface area (Å²) < 4.78 is 2.84. The summed E-state index contributed by atoms with van der Waals surface area (Å²) >= 11 is 4.94. The van der Waals surface area contributed by atoms with Crippen molar-refractivity contribution < 1.29 is 10.2 Å². The normalized spacial score (nSPS) is 23.2. The van der Waals surface area contributed by atoms with E-state index >= 15 is 0 Å². The minimum atomic E-state index is -0.844. The molecule has 130 valence electrons. The van der Waals surface area contributed by atoms with E-state index in [0.29, 0.717) is 29.6 Å². The van der Waals surface area contributed by atoms with Gasteiger partial charge in [-0.2, -0.15) is 0 Å². The molecule has 7 nitrogen and oxygen atoms in total. The molecule has 1 fully saturated rings. The third-order valence-corrected chi connectivity index (χ3v) is 5.98. The van der Waals surface area contributed by atoms with Crippen molar-refractivity contribution in [3.05, 3.63) is 52.5 Å². The number of aliphatic hydroxyl groups is 2. The predicted molar refractivity (Wildman–Crippen MR) is 99.5 cm³/mol. The average Bonchev–Trinajstić information content (AvgIpc) is 3.17. The quantitative estimate of drug-likeness (QED) is 0.592. The van der Waals surface area contributed by atoms with Gasteiger partial charge in [-0.1, -0.05) is 28.1 Å². The van der Waals surface area contributed by atoms with Crippen molar-refractivity contribution >= 4 is 39.2 Å². The largest absolute Gasteiger partial charge is 0.390 e. The summed E-state index contributed by atoms with van der Waals surface area (Å²) in [6.45, 7) is 0.605. The van der Waals surface area contributed by atoms with Crippen molar-refractivity contribution in [1.82, 2.24) is 19.6 Å². The van der Waals surface area contributed by atoms with Crippen molar-refractivity contribution in [3.63, 3.8) is 0 Å². The van der Waals surface area contributed by atoms with Crippen LogP contribution in [-0.2, 0) is 6.54 Å². The van der Waals surface area contributed by atoms with Crippen LogP contribution in [0.15, 0.2) is 41.1 Å². The van der Waals surface area contributed by atoms with Crippen LogP contribution in [0.5, 0.6) is 0 Å². The van der Waals surface area contributed by atoms with Crippen molar-refractivity contribution in [3.8, 4) is 0 Å². The number of hydrogen-bond acceptors (Lipinski definition) is 7. The molecule has 0 aliphatic carbocycles. The molecule has 9 heteroatoms. The molecule has 4 rings (SSSR count). The Morgan fingerprint density at radius 1 is 1.32 bits per heavy atom. The summed E-state index contributed by atoms with van der Waals surface area (Å²) in [5.74, 6) is 1.73. The Balaban J connectivity index is 1.61. The Hall–Kier alpha value is -1.68. The number of fused-ring (bicyclic) bond motifs is 1. The summed E-state index contributed by atoms with van der Waals surface area (Å²) in [7, 11) is 0. The first kappa shape index (κ1) is 16.8. The van der Waals surface area contributed by atoms with Gasteiger partial charge < -0.3 is 15.5 Å². The zero-order chi connectivity index (χ0) is 17.4. The topological polar surface area (TPSA) is 95.6 Å². The number of thioether (sulfide) groups is 1. The number of aromatic nitrogens is 4. The van der Waals surface area contributed by atoms with Gasteiger partial charge in [0.2, 0.25) is 5.65 Å². The Bertz CT molecular complexity index is 905. The van der Waals surface area contributed by atoms with E-state index in [1.54, 1.807) is 12.4 Å². The Morgan fingerprint density at radius 3 is 2.96 bits per heavy atom. The molecule has 2 aromatic heterocycles. The van der Waals surface area contributed by atoms with Gasteiger partial charge >= 0.3 is 0 Å². The smallest absolute Gasteiger partial charge is 0.203 e. The summed E-state index contributed by atoms with van der Waals surface area (Å²) in [4.78, 5) is 4.35. The molecule has 1 aromatic carbocycles. The molecular formula is C16H16BrN5O2S. The van der Waals surface area contributed by atoms with E-state index in [2.05, 4.69) is 36.4 Å². The number of hydrogen-bond donors (Lipinski definition) is 3. The van der Waals surface area contributed by atoms with Gasteiger partial charge in [0.1, 0.15) is 0 Å². The Morgan fingerprint density at radius 2 is 2.20 bits per heavy atom. The first-order valence-electron chi connectivity index (χ1n) is 7.79. The van der Waals surface area contributed by atoms with E-state index in [1.807, 2.05) is 28.7 Å². The van der Waals surface area contributed by atoms with Crippen molar-refractivity contribution in [2.24, 2.45) is 0 Å². The molecule has 0 amide bonds. The third kappa shape index (κ3) is 3.24. The van der Waals surface area contributed by atoms with Gasteiger partial charge in [-0.15, -0.1) is 22.0 Å². The van der Waals surface area contributed by atoms with E-state index in [4.69, 9.17) is 0 Å². The maximum absolute atomic E-state index is 10.1. The summed E-state index contributed by atoms with van der Waals surface area (Å²) in [6.07, 6.45) is 1.86. The van der Waals surface area contributed by atoms with Gasteiger partial charge in [0.15, 0.2) is 11.6 Å². The van der Waals surface area contributed by atoms with Gasteiger partial charge in [-0.05, 0) is 17.7 Å². The number of halogens is 1. The van der Waals surface area contributed by atoms with E-state index < -0.39 is 12.2 Å². The second-order valence-electron chi connectivity index (χ2n) is 5.82. The molecule has 0 bridgehead atoms. The molecule has 1 aliphatic rings. The van der Waals surface area contributed by atoms with Crippen LogP contribution < -0.4 is 5.32 Å². The Kier molecular flexibility index (Phi) is 4.63. The first-order valence-corrected chi connectivity index (χ1v) is 9.63. The summed E-state index contributed by atoms with van der Waals surface area (Å²) in [5, 5.41) is 31.3. The highest BCUT2D eigenvalue weighted by Gasteiger charge is 2.38. The van der Waals surface area contributed by atoms with Crippen molar-refractivity contribution in [1.29, 1.82) is 0 Å². The second-order valence-corrected chi connectivity index (χ2v) is 7.91. The molecule has 3 N–H and O–H groups in total. The number of aliphatic hydroxyl groups excluding tert-OH is 2. The molecule has 1 saturated heterocycles. The monoisotopic (exact) mass is 421 g/mol. The lowest BCUT2D eigenvalue weighted by Gasteiger charge is -2.13. The minimum absolute atomic E-state index is 0.301. The van der Waals surface area contributed by atoms with Gasteiger partial charge in [0.25, 0.3) is 0 Å². The van der Waals surface area contributed by atoms with Crippen molar-refractivity contribution in [2.45, 2.75) is 24.0 Å². The van der Waals surface area contributed by atoms with Crippen LogP contribution in [0.4, 0.5) is 5.82 Å². The predicted octanol–water partition coefficient (Wildman–Crippen LogP) is 2.01. The zero-order valence-electron chi connectivity index (χ0n) is 13.1. The molecular weight excluding hydrogens is 406 g/mol. The summed E-state index contributed by atoms with van der Waals surface area (Å²) in [5.41, 5.74) is 1.71. The number of nitrogens with one attached hydrogen (secondary N) is 1. The standard InChI is InChI=1S/C16H16BrN5O2S/c17-10-3-1-2-9(6-10)7-19-14-16-21-20-15(22(16)5-4-18-14)13-12(24)11(23)8-25-13/h1-6,11-13,23-24H,7-8H2,(H,18,19)/t11-,12-,13-/m1/s1. The van der Waals surface area contributed by atoms with Crippen LogP contribution >= 0.6 is 27.7 Å². The molecule has 0 unspecified atom stereocenters. The fourth-order valence-electron chi connectivity index (χ4n) is 2.82. The lowest BCUT2D eigenvalue weighted by molar-refractivity contribution is 0.0404. The molecule has 3 atom stereocenters. The molecule has 25 heavy (non-hydrogen) atoms. The third-order valence-electron chi connectivity index (χ3n) is 4.11. The zero-order valence-corrected chi connectivity index (χ0v) is 15.5. The highest BCUT2D eigenvalue weighted by atomic mass is 79.9. The SMILES string of the molecule is O[C@@H]1[C@H](O)CS[C@H]1c1nnc2c(NCc3cccc(Br)c3)nccn12. The number of benzene rings is 1. The van der Waals surface area contributed by atoms with Crippen LogP contribution in [0.2, 0.25) is 0 Å². The van der Waals surface area contributed by atoms with Crippen LogP contribution in [0, 0.1) is 0 Å². The maximum atomic E-state index is 10.1. The molecule has 0 radical (unpaired) electrons. The number of nitrogens with zero attached hydrogens (tertiary/aromatic N) is 4.